The van der Waals surface area contributed by atoms with Gasteiger partial charge in [-0.3, -0.25) is 0 Å². The number of nitrogens with zero attached hydrogens (tertiary/aromatic N) is 3. The molecule has 3 aliphatic rings. The van der Waals surface area contributed by atoms with Crippen LogP contribution in [0, 0.1) is 5.41 Å². The van der Waals surface area contributed by atoms with Crippen molar-refractivity contribution in [2.24, 2.45) is 5.41 Å². The molecule has 152 valence electrons. The number of pyridine rings is 1. The van der Waals surface area contributed by atoms with E-state index in [-0.39, 0.29) is 17.5 Å². The number of likely N-dealkylation sites (tertiary alicyclic amines) is 1. The zero-order valence-electron chi connectivity index (χ0n) is 16.7. The first kappa shape index (κ1) is 18.4. The first-order valence-corrected chi connectivity index (χ1v) is 10.7. The maximum Gasteiger partial charge on any atom is 0.322 e. The number of rotatable bonds is 3. The van der Waals surface area contributed by atoms with Gasteiger partial charge >= 0.3 is 6.03 Å². The molecule has 1 spiro atoms. The Morgan fingerprint density at radius 2 is 1.83 bits per heavy atom. The van der Waals surface area contributed by atoms with Crippen molar-refractivity contribution < 1.29 is 9.53 Å². The molecule has 5 rings (SSSR count). The van der Waals surface area contributed by atoms with Crippen LogP contribution in [-0.2, 0) is 4.74 Å². The van der Waals surface area contributed by atoms with Crippen molar-refractivity contribution in [3.8, 4) is 0 Å². The standard InChI is InChI=1S/C23H28N4O2/c28-22(25-19-9-6-12-24-21(19)26-13-4-5-14-26)27-17-23(10-15-29-16-11-23)20(27)18-7-2-1-3-8-18/h1-3,6-9,12,20H,4-5,10-11,13-17H2,(H,25,28). The van der Waals surface area contributed by atoms with E-state index in [1.165, 1.54) is 18.4 Å². The van der Waals surface area contributed by atoms with Gasteiger partial charge in [-0.2, -0.15) is 0 Å². The average Bonchev–Trinajstić information content (AvgIpc) is 3.29. The highest BCUT2D eigenvalue weighted by Gasteiger charge is 2.55. The Bertz CT molecular complexity index is 860. The van der Waals surface area contributed by atoms with Gasteiger partial charge in [-0.15, -0.1) is 0 Å². The molecule has 3 aliphatic heterocycles. The average molecular weight is 393 g/mol. The van der Waals surface area contributed by atoms with Gasteiger partial charge in [0.05, 0.1) is 11.7 Å². The van der Waals surface area contributed by atoms with E-state index in [0.717, 1.165) is 57.2 Å². The van der Waals surface area contributed by atoms with E-state index in [0.29, 0.717) is 0 Å². The molecule has 3 fully saturated rings. The van der Waals surface area contributed by atoms with Crippen LogP contribution in [0.25, 0.3) is 0 Å². The monoisotopic (exact) mass is 392 g/mol. The highest BCUT2D eigenvalue weighted by molar-refractivity contribution is 5.93. The number of hydrogen-bond acceptors (Lipinski definition) is 4. The van der Waals surface area contributed by atoms with Gasteiger partial charge in [0, 0.05) is 44.5 Å². The summed E-state index contributed by atoms with van der Waals surface area (Å²) in [6.07, 6.45) is 6.16. The smallest absolute Gasteiger partial charge is 0.322 e. The van der Waals surface area contributed by atoms with Crippen molar-refractivity contribution in [2.75, 3.05) is 43.1 Å². The molecule has 0 radical (unpaired) electrons. The van der Waals surface area contributed by atoms with Crippen LogP contribution >= 0.6 is 0 Å². The summed E-state index contributed by atoms with van der Waals surface area (Å²) in [6.45, 7) is 4.33. The van der Waals surface area contributed by atoms with E-state index in [1.807, 2.05) is 23.1 Å². The molecule has 0 bridgehead atoms. The summed E-state index contributed by atoms with van der Waals surface area (Å²) in [5.41, 5.74) is 2.14. The first-order chi connectivity index (χ1) is 14.3. The molecule has 1 N–H and O–H groups in total. The Hall–Kier alpha value is -2.60. The molecule has 4 heterocycles. The molecule has 0 saturated carbocycles. The Kier molecular flexibility index (Phi) is 4.87. The van der Waals surface area contributed by atoms with Gasteiger partial charge in [-0.05, 0) is 43.4 Å². The fourth-order valence-electron chi connectivity index (χ4n) is 5.16. The first-order valence-electron chi connectivity index (χ1n) is 10.7. The Morgan fingerprint density at radius 1 is 1.07 bits per heavy atom. The van der Waals surface area contributed by atoms with Crippen LogP contribution in [0.5, 0.6) is 0 Å². The number of hydrogen-bond donors (Lipinski definition) is 1. The molecule has 6 heteroatoms. The third-order valence-electron chi connectivity index (χ3n) is 6.68. The van der Waals surface area contributed by atoms with Crippen LogP contribution in [0.3, 0.4) is 0 Å². The molecule has 1 aromatic carbocycles. The van der Waals surface area contributed by atoms with Gasteiger partial charge in [0.2, 0.25) is 0 Å². The van der Waals surface area contributed by atoms with Crippen molar-refractivity contribution in [3.05, 3.63) is 54.2 Å². The SMILES string of the molecule is O=C(Nc1cccnc1N1CCCC1)N1CC2(CCOCC2)C1c1ccccc1. The molecule has 6 nitrogen and oxygen atoms in total. The van der Waals surface area contributed by atoms with Gasteiger partial charge in [0.25, 0.3) is 0 Å². The maximum absolute atomic E-state index is 13.3. The molecule has 1 atom stereocenters. The summed E-state index contributed by atoms with van der Waals surface area (Å²) in [4.78, 5) is 22.1. The highest BCUT2D eigenvalue weighted by atomic mass is 16.5. The number of amides is 2. The highest BCUT2D eigenvalue weighted by Crippen LogP contribution is 2.54. The van der Waals surface area contributed by atoms with E-state index in [4.69, 9.17) is 4.74 Å². The second kappa shape index (κ2) is 7.67. The topological polar surface area (TPSA) is 57.7 Å². The van der Waals surface area contributed by atoms with Crippen LogP contribution in [0.1, 0.15) is 37.3 Å². The van der Waals surface area contributed by atoms with Crippen LogP contribution in [0.15, 0.2) is 48.7 Å². The summed E-state index contributed by atoms with van der Waals surface area (Å²) in [7, 11) is 0. The summed E-state index contributed by atoms with van der Waals surface area (Å²) in [5, 5.41) is 3.16. The minimum absolute atomic E-state index is 0.0376. The van der Waals surface area contributed by atoms with Crippen molar-refractivity contribution >= 4 is 17.5 Å². The number of urea groups is 1. The number of anilines is 2. The molecule has 0 aliphatic carbocycles. The Balaban J connectivity index is 1.38. The van der Waals surface area contributed by atoms with Gasteiger partial charge in [-0.25, -0.2) is 9.78 Å². The van der Waals surface area contributed by atoms with Crippen molar-refractivity contribution in [1.82, 2.24) is 9.88 Å². The minimum Gasteiger partial charge on any atom is -0.381 e. The number of nitrogens with one attached hydrogen (secondary N) is 1. The predicted molar refractivity (Wildman–Crippen MR) is 113 cm³/mol. The quantitative estimate of drug-likeness (QED) is 0.856. The van der Waals surface area contributed by atoms with Gasteiger partial charge in [0.1, 0.15) is 0 Å². The fraction of sp³-hybridized carbons (Fsp3) is 0.478. The lowest BCUT2D eigenvalue weighted by Crippen LogP contribution is -2.63. The van der Waals surface area contributed by atoms with Crippen LogP contribution in [0.2, 0.25) is 0 Å². The summed E-state index contributed by atoms with van der Waals surface area (Å²) >= 11 is 0. The van der Waals surface area contributed by atoms with Crippen LogP contribution < -0.4 is 10.2 Å². The Labute approximate surface area is 171 Å². The fourth-order valence-corrected chi connectivity index (χ4v) is 5.16. The third-order valence-corrected chi connectivity index (χ3v) is 6.68. The third kappa shape index (κ3) is 3.35. The number of benzene rings is 1. The maximum atomic E-state index is 13.3. The molecular formula is C23H28N4O2. The molecule has 2 aromatic rings. The number of carbonyl (C=O) groups excluding carboxylic acids is 1. The van der Waals surface area contributed by atoms with E-state index in [2.05, 4.69) is 39.5 Å². The Morgan fingerprint density at radius 3 is 2.59 bits per heavy atom. The zero-order chi connectivity index (χ0) is 19.7. The molecule has 1 aromatic heterocycles. The second-order valence-corrected chi connectivity index (χ2v) is 8.41. The van der Waals surface area contributed by atoms with E-state index < -0.39 is 0 Å². The number of carbonyl (C=O) groups is 1. The molecule has 2 amide bonds. The summed E-state index contributed by atoms with van der Waals surface area (Å²) < 4.78 is 5.62. The molecule has 29 heavy (non-hydrogen) atoms. The minimum atomic E-state index is -0.0376. The van der Waals surface area contributed by atoms with Crippen LogP contribution in [-0.4, -0.2) is 48.8 Å². The number of aromatic nitrogens is 1. The van der Waals surface area contributed by atoms with E-state index in [1.54, 1.807) is 6.20 Å². The zero-order valence-corrected chi connectivity index (χ0v) is 16.7. The molecule has 3 saturated heterocycles. The second-order valence-electron chi connectivity index (χ2n) is 8.41. The lowest BCUT2D eigenvalue weighted by atomic mass is 9.64. The van der Waals surface area contributed by atoms with Crippen molar-refractivity contribution in [3.63, 3.8) is 0 Å². The summed E-state index contributed by atoms with van der Waals surface area (Å²) in [5.74, 6) is 0.885. The molecule has 1 unspecified atom stereocenters. The van der Waals surface area contributed by atoms with Gasteiger partial charge in [-0.1, -0.05) is 30.3 Å². The molecular weight excluding hydrogens is 364 g/mol. The predicted octanol–water partition coefficient (Wildman–Crippen LogP) is 4.07. The lowest BCUT2D eigenvalue weighted by molar-refractivity contribution is -0.109. The van der Waals surface area contributed by atoms with Gasteiger partial charge in [0.15, 0.2) is 5.82 Å². The van der Waals surface area contributed by atoms with Crippen molar-refractivity contribution in [2.45, 2.75) is 31.7 Å². The van der Waals surface area contributed by atoms with Gasteiger partial charge < -0.3 is 19.9 Å². The van der Waals surface area contributed by atoms with E-state index >= 15 is 0 Å². The van der Waals surface area contributed by atoms with Crippen LogP contribution in [0.4, 0.5) is 16.3 Å². The van der Waals surface area contributed by atoms with E-state index in [9.17, 15) is 4.79 Å². The largest absolute Gasteiger partial charge is 0.381 e. The summed E-state index contributed by atoms with van der Waals surface area (Å²) in [6, 6.07) is 14.3. The lowest BCUT2D eigenvalue weighted by Gasteiger charge is -2.59. The number of ether oxygens (including phenoxy) is 1. The van der Waals surface area contributed by atoms with Crippen molar-refractivity contribution in [1.29, 1.82) is 0 Å². The normalized spacial score (nSPS) is 23.1.